The maximum Gasteiger partial charge on any atom is 0.142 e. The number of hydrogen-bond donors (Lipinski definition) is 1. The predicted molar refractivity (Wildman–Crippen MR) is 82.5 cm³/mol. The molecule has 2 heterocycles. The Morgan fingerprint density at radius 2 is 2.20 bits per heavy atom. The third-order valence-corrected chi connectivity index (χ3v) is 4.21. The van der Waals surface area contributed by atoms with Gasteiger partial charge in [0.05, 0.1) is 12.2 Å². The fourth-order valence-electron chi connectivity index (χ4n) is 3.29. The van der Waals surface area contributed by atoms with E-state index in [-0.39, 0.29) is 6.10 Å². The van der Waals surface area contributed by atoms with E-state index < -0.39 is 0 Å². The molecule has 1 saturated heterocycles. The van der Waals surface area contributed by atoms with E-state index in [1.165, 1.54) is 19.4 Å². The summed E-state index contributed by atoms with van der Waals surface area (Å²) in [6.07, 6.45) is 2.89. The predicted octanol–water partition coefficient (Wildman–Crippen LogP) is 1.89. The molecule has 2 atom stereocenters. The van der Waals surface area contributed by atoms with Gasteiger partial charge in [-0.05, 0) is 45.6 Å². The van der Waals surface area contributed by atoms with Crippen LogP contribution in [0.2, 0.25) is 0 Å². The Morgan fingerprint density at radius 3 is 3.05 bits per heavy atom. The second-order valence-electron chi connectivity index (χ2n) is 6.17. The summed E-state index contributed by atoms with van der Waals surface area (Å²) < 4.78 is 6.13. The average molecular weight is 275 g/mol. The third kappa shape index (κ3) is 3.07. The van der Waals surface area contributed by atoms with Crippen LogP contribution in [0, 0.1) is 0 Å². The number of nitrogens with zero attached hydrogens (tertiary/aromatic N) is 2. The van der Waals surface area contributed by atoms with Gasteiger partial charge in [-0.1, -0.05) is 12.1 Å². The summed E-state index contributed by atoms with van der Waals surface area (Å²) >= 11 is 0. The number of likely N-dealkylation sites (N-methyl/N-ethyl adjacent to an activating group) is 1. The first-order chi connectivity index (χ1) is 9.72. The van der Waals surface area contributed by atoms with Crippen LogP contribution < -0.4 is 10.1 Å². The van der Waals surface area contributed by atoms with Gasteiger partial charge in [-0.3, -0.25) is 4.90 Å². The number of rotatable bonds is 4. The lowest BCUT2D eigenvalue weighted by molar-refractivity contribution is 0.118. The van der Waals surface area contributed by atoms with E-state index >= 15 is 0 Å². The van der Waals surface area contributed by atoms with E-state index in [4.69, 9.17) is 4.74 Å². The standard InChI is InChI=1S/C16H25N3O/c1-18(2)11-13-6-5-9-19(13)12-14-10-17-15-7-3-4-8-16(15)20-14/h3-4,7-8,13-14,17H,5-6,9-12H2,1-2H3. The van der Waals surface area contributed by atoms with Gasteiger partial charge in [0.2, 0.25) is 0 Å². The zero-order chi connectivity index (χ0) is 13.9. The van der Waals surface area contributed by atoms with Gasteiger partial charge < -0.3 is 15.0 Å². The summed E-state index contributed by atoms with van der Waals surface area (Å²) in [6, 6.07) is 8.90. The van der Waals surface area contributed by atoms with Crippen LogP contribution in [0.25, 0.3) is 0 Å². The van der Waals surface area contributed by atoms with Gasteiger partial charge in [0.25, 0.3) is 0 Å². The zero-order valence-corrected chi connectivity index (χ0v) is 12.5. The van der Waals surface area contributed by atoms with Gasteiger partial charge in [0.15, 0.2) is 0 Å². The molecule has 1 N–H and O–H groups in total. The molecule has 4 heteroatoms. The molecule has 4 nitrogen and oxygen atoms in total. The van der Waals surface area contributed by atoms with Crippen LogP contribution in [-0.4, -0.2) is 62.2 Å². The summed E-state index contributed by atoms with van der Waals surface area (Å²) in [4.78, 5) is 4.89. The minimum Gasteiger partial charge on any atom is -0.485 e. The summed E-state index contributed by atoms with van der Waals surface area (Å²) in [7, 11) is 4.32. The van der Waals surface area contributed by atoms with E-state index in [0.717, 1.165) is 31.1 Å². The number of fused-ring (bicyclic) bond motifs is 1. The molecule has 0 spiro atoms. The van der Waals surface area contributed by atoms with Crippen LogP contribution >= 0.6 is 0 Å². The van der Waals surface area contributed by atoms with Crippen molar-refractivity contribution >= 4 is 5.69 Å². The molecule has 1 aromatic carbocycles. The minimum atomic E-state index is 0.257. The molecular formula is C16H25N3O. The number of para-hydroxylation sites is 2. The maximum absolute atomic E-state index is 6.13. The van der Waals surface area contributed by atoms with Crippen molar-refractivity contribution in [3.8, 4) is 5.75 Å². The monoisotopic (exact) mass is 275 g/mol. The van der Waals surface area contributed by atoms with Crippen LogP contribution in [0.5, 0.6) is 5.75 Å². The molecule has 0 saturated carbocycles. The van der Waals surface area contributed by atoms with Gasteiger partial charge in [0.1, 0.15) is 11.9 Å². The first-order valence-electron chi connectivity index (χ1n) is 7.61. The number of likely N-dealkylation sites (tertiary alicyclic amines) is 1. The van der Waals surface area contributed by atoms with Gasteiger partial charge in [-0.2, -0.15) is 0 Å². The van der Waals surface area contributed by atoms with Crippen molar-refractivity contribution in [2.75, 3.05) is 45.6 Å². The van der Waals surface area contributed by atoms with E-state index in [9.17, 15) is 0 Å². The molecule has 3 rings (SSSR count). The first kappa shape index (κ1) is 13.7. The van der Waals surface area contributed by atoms with Gasteiger partial charge >= 0.3 is 0 Å². The van der Waals surface area contributed by atoms with E-state index in [2.05, 4.69) is 41.3 Å². The van der Waals surface area contributed by atoms with Crippen molar-refractivity contribution < 1.29 is 4.74 Å². The highest BCUT2D eigenvalue weighted by Crippen LogP contribution is 2.29. The molecule has 0 aromatic heterocycles. The molecule has 110 valence electrons. The maximum atomic E-state index is 6.13. The van der Waals surface area contributed by atoms with E-state index in [0.29, 0.717) is 6.04 Å². The Hall–Kier alpha value is -1.26. The highest BCUT2D eigenvalue weighted by molar-refractivity contribution is 5.57. The molecular weight excluding hydrogens is 250 g/mol. The van der Waals surface area contributed by atoms with Crippen LogP contribution in [0.15, 0.2) is 24.3 Å². The normalized spacial score (nSPS) is 26.1. The molecule has 2 aliphatic heterocycles. The second kappa shape index (κ2) is 6.02. The molecule has 0 aliphatic carbocycles. The molecule has 20 heavy (non-hydrogen) atoms. The zero-order valence-electron chi connectivity index (χ0n) is 12.5. The topological polar surface area (TPSA) is 27.7 Å². The average Bonchev–Trinajstić information content (AvgIpc) is 2.85. The van der Waals surface area contributed by atoms with Crippen LogP contribution in [0.1, 0.15) is 12.8 Å². The molecule has 0 radical (unpaired) electrons. The molecule has 1 aromatic rings. The van der Waals surface area contributed by atoms with Crippen molar-refractivity contribution in [3.63, 3.8) is 0 Å². The summed E-state index contributed by atoms with van der Waals surface area (Å²) in [6.45, 7) is 4.29. The summed E-state index contributed by atoms with van der Waals surface area (Å²) in [5, 5.41) is 3.48. The fraction of sp³-hybridized carbons (Fsp3) is 0.625. The molecule has 0 amide bonds. The van der Waals surface area contributed by atoms with Crippen molar-refractivity contribution in [1.82, 2.24) is 9.80 Å². The Kier molecular flexibility index (Phi) is 4.13. The van der Waals surface area contributed by atoms with Gasteiger partial charge in [-0.15, -0.1) is 0 Å². The van der Waals surface area contributed by atoms with Crippen molar-refractivity contribution in [2.45, 2.75) is 25.0 Å². The van der Waals surface area contributed by atoms with Gasteiger partial charge in [0, 0.05) is 19.1 Å². The Balaban J connectivity index is 1.59. The molecule has 1 fully saturated rings. The van der Waals surface area contributed by atoms with Crippen molar-refractivity contribution in [2.24, 2.45) is 0 Å². The number of nitrogens with one attached hydrogen (secondary N) is 1. The van der Waals surface area contributed by atoms with Crippen LogP contribution in [0.3, 0.4) is 0 Å². The molecule has 2 unspecified atom stereocenters. The lowest BCUT2D eigenvalue weighted by Gasteiger charge is -2.33. The number of ether oxygens (including phenoxy) is 1. The quantitative estimate of drug-likeness (QED) is 0.908. The van der Waals surface area contributed by atoms with Crippen molar-refractivity contribution in [1.29, 1.82) is 0 Å². The third-order valence-electron chi connectivity index (χ3n) is 4.21. The SMILES string of the molecule is CN(C)CC1CCCN1CC1CNc2ccccc2O1. The lowest BCUT2D eigenvalue weighted by Crippen LogP contribution is -2.46. The Bertz CT molecular complexity index is 449. The smallest absolute Gasteiger partial charge is 0.142 e. The number of hydrogen-bond acceptors (Lipinski definition) is 4. The lowest BCUT2D eigenvalue weighted by atomic mass is 10.2. The van der Waals surface area contributed by atoms with Gasteiger partial charge in [-0.25, -0.2) is 0 Å². The number of anilines is 1. The minimum absolute atomic E-state index is 0.257. The van der Waals surface area contributed by atoms with E-state index in [1.54, 1.807) is 0 Å². The number of benzene rings is 1. The largest absolute Gasteiger partial charge is 0.485 e. The Labute approximate surface area is 121 Å². The first-order valence-corrected chi connectivity index (χ1v) is 7.61. The van der Waals surface area contributed by atoms with Crippen LogP contribution in [-0.2, 0) is 0 Å². The summed E-state index contributed by atoms with van der Waals surface area (Å²) in [5.41, 5.74) is 1.12. The molecule has 0 bridgehead atoms. The highest BCUT2D eigenvalue weighted by Gasteiger charge is 2.29. The second-order valence-corrected chi connectivity index (χ2v) is 6.17. The summed E-state index contributed by atoms with van der Waals surface area (Å²) in [5.74, 6) is 0.993. The van der Waals surface area contributed by atoms with Crippen LogP contribution in [0.4, 0.5) is 5.69 Å². The fourth-order valence-corrected chi connectivity index (χ4v) is 3.29. The van der Waals surface area contributed by atoms with E-state index in [1.807, 2.05) is 12.1 Å². The Morgan fingerprint density at radius 1 is 1.35 bits per heavy atom. The molecule has 2 aliphatic rings. The highest BCUT2D eigenvalue weighted by atomic mass is 16.5. The van der Waals surface area contributed by atoms with Crippen molar-refractivity contribution in [3.05, 3.63) is 24.3 Å².